The summed E-state index contributed by atoms with van der Waals surface area (Å²) in [7, 11) is 1.70. The highest BCUT2D eigenvalue weighted by Crippen LogP contribution is 2.25. The molecular formula is C13H13F2N3. The van der Waals surface area contributed by atoms with Crippen LogP contribution in [0.1, 0.15) is 12.7 Å². The molecule has 0 aliphatic rings. The number of aryl methyl sites for hydroxylation is 1. The maximum Gasteiger partial charge on any atom is 0.135 e. The van der Waals surface area contributed by atoms with E-state index < -0.39 is 11.6 Å². The third-order valence-electron chi connectivity index (χ3n) is 2.56. The Hall–Kier alpha value is -2.04. The molecule has 3 nitrogen and oxygen atoms in total. The number of aromatic nitrogens is 2. The molecule has 0 unspecified atom stereocenters. The first-order valence-electron chi connectivity index (χ1n) is 5.65. The molecule has 1 aromatic heterocycles. The molecule has 0 amide bonds. The van der Waals surface area contributed by atoms with Gasteiger partial charge in [0.2, 0.25) is 0 Å². The van der Waals surface area contributed by atoms with Crippen molar-refractivity contribution >= 4 is 5.82 Å². The zero-order chi connectivity index (χ0) is 13.1. The van der Waals surface area contributed by atoms with Crippen molar-refractivity contribution < 1.29 is 8.78 Å². The Balaban J connectivity index is 2.63. The number of benzene rings is 1. The van der Waals surface area contributed by atoms with E-state index in [1.54, 1.807) is 7.05 Å². The van der Waals surface area contributed by atoms with E-state index in [1.807, 2.05) is 6.92 Å². The summed E-state index contributed by atoms with van der Waals surface area (Å²) in [6, 6.07) is 5.28. The predicted molar refractivity (Wildman–Crippen MR) is 66.3 cm³/mol. The van der Waals surface area contributed by atoms with Crippen LogP contribution in [0, 0.1) is 11.6 Å². The van der Waals surface area contributed by atoms with Gasteiger partial charge < -0.3 is 5.32 Å². The summed E-state index contributed by atoms with van der Waals surface area (Å²) in [6.45, 7) is 1.89. The number of rotatable bonds is 3. The van der Waals surface area contributed by atoms with Crippen LogP contribution in [0.15, 0.2) is 24.3 Å². The van der Waals surface area contributed by atoms with Gasteiger partial charge in [0.1, 0.15) is 23.3 Å². The summed E-state index contributed by atoms with van der Waals surface area (Å²) in [6.07, 6.45) is 0.596. The fraction of sp³-hybridized carbons (Fsp3) is 0.231. The molecule has 0 radical (unpaired) electrons. The van der Waals surface area contributed by atoms with Crippen LogP contribution in [-0.4, -0.2) is 17.0 Å². The molecule has 0 aliphatic carbocycles. The highest BCUT2D eigenvalue weighted by molar-refractivity contribution is 5.63. The summed E-state index contributed by atoms with van der Waals surface area (Å²) in [5.41, 5.74) is 0.132. The van der Waals surface area contributed by atoms with Crippen LogP contribution in [0.5, 0.6) is 0 Å². The maximum absolute atomic E-state index is 13.7. The molecule has 0 atom stereocenters. The number of hydrogen-bond donors (Lipinski definition) is 1. The number of nitrogens with zero attached hydrogens (tertiary/aromatic N) is 2. The molecule has 0 spiro atoms. The van der Waals surface area contributed by atoms with Gasteiger partial charge in [-0.15, -0.1) is 0 Å². The minimum absolute atomic E-state index is 0.119. The molecule has 1 aromatic carbocycles. The Morgan fingerprint density at radius 3 is 2.39 bits per heavy atom. The van der Waals surface area contributed by atoms with Gasteiger partial charge in [-0.05, 0) is 12.1 Å². The summed E-state index contributed by atoms with van der Waals surface area (Å²) in [4.78, 5) is 8.35. The van der Waals surface area contributed by atoms with Gasteiger partial charge in [-0.2, -0.15) is 0 Å². The largest absolute Gasteiger partial charge is 0.373 e. The quantitative estimate of drug-likeness (QED) is 0.908. The van der Waals surface area contributed by atoms with E-state index in [4.69, 9.17) is 0 Å². The van der Waals surface area contributed by atoms with E-state index in [1.165, 1.54) is 24.3 Å². The summed E-state index contributed by atoms with van der Waals surface area (Å²) in [5, 5.41) is 2.85. The zero-order valence-electron chi connectivity index (χ0n) is 10.2. The molecule has 94 valence electrons. The summed E-state index contributed by atoms with van der Waals surface area (Å²) in [5.74, 6) is -0.172. The third kappa shape index (κ3) is 2.30. The standard InChI is InChI=1S/C13H13F2N3/c1-3-11-17-10(7-12(16-2)18-11)13-8(14)5-4-6-9(13)15/h4-7H,3H2,1-2H3,(H,16,17,18). The zero-order valence-corrected chi connectivity index (χ0v) is 10.2. The fourth-order valence-electron chi connectivity index (χ4n) is 1.65. The van der Waals surface area contributed by atoms with Crippen molar-refractivity contribution in [2.75, 3.05) is 12.4 Å². The van der Waals surface area contributed by atoms with Gasteiger partial charge in [-0.25, -0.2) is 18.7 Å². The second kappa shape index (κ2) is 5.08. The summed E-state index contributed by atoms with van der Waals surface area (Å²) < 4.78 is 27.4. The molecule has 2 aromatic rings. The number of halogens is 2. The SMILES string of the molecule is CCc1nc(NC)cc(-c2c(F)cccc2F)n1. The second-order valence-corrected chi connectivity index (χ2v) is 3.75. The lowest BCUT2D eigenvalue weighted by atomic mass is 10.1. The van der Waals surface area contributed by atoms with Crippen molar-refractivity contribution in [3.63, 3.8) is 0 Å². The highest BCUT2D eigenvalue weighted by Gasteiger charge is 2.14. The van der Waals surface area contributed by atoms with Gasteiger partial charge in [0, 0.05) is 19.5 Å². The van der Waals surface area contributed by atoms with Gasteiger partial charge in [0.25, 0.3) is 0 Å². The van der Waals surface area contributed by atoms with Crippen LogP contribution in [0.3, 0.4) is 0 Å². The van der Waals surface area contributed by atoms with Gasteiger partial charge in [-0.3, -0.25) is 0 Å². The van der Waals surface area contributed by atoms with Gasteiger partial charge in [0.15, 0.2) is 0 Å². The fourth-order valence-corrected chi connectivity index (χ4v) is 1.65. The van der Waals surface area contributed by atoms with E-state index in [9.17, 15) is 8.78 Å². The first-order chi connectivity index (χ1) is 8.65. The molecule has 0 fully saturated rings. The van der Waals surface area contributed by atoms with Crippen molar-refractivity contribution in [2.45, 2.75) is 13.3 Å². The van der Waals surface area contributed by atoms with Crippen LogP contribution in [-0.2, 0) is 6.42 Å². The molecule has 0 saturated heterocycles. The van der Waals surface area contributed by atoms with Crippen molar-refractivity contribution in [1.82, 2.24) is 9.97 Å². The van der Waals surface area contributed by atoms with Crippen molar-refractivity contribution in [3.8, 4) is 11.3 Å². The lowest BCUT2D eigenvalue weighted by Gasteiger charge is -2.08. The van der Waals surface area contributed by atoms with E-state index >= 15 is 0 Å². The monoisotopic (exact) mass is 249 g/mol. The first-order valence-corrected chi connectivity index (χ1v) is 5.65. The van der Waals surface area contributed by atoms with E-state index in [0.717, 1.165) is 0 Å². The Bertz CT molecular complexity index is 528. The van der Waals surface area contributed by atoms with Gasteiger partial charge in [-0.1, -0.05) is 13.0 Å². The topological polar surface area (TPSA) is 37.8 Å². The van der Waals surface area contributed by atoms with Crippen LogP contribution in [0.4, 0.5) is 14.6 Å². The number of hydrogen-bond acceptors (Lipinski definition) is 3. The van der Waals surface area contributed by atoms with Crippen LogP contribution >= 0.6 is 0 Å². The maximum atomic E-state index is 13.7. The number of nitrogens with one attached hydrogen (secondary N) is 1. The predicted octanol–water partition coefficient (Wildman–Crippen LogP) is 3.03. The molecular weight excluding hydrogens is 236 g/mol. The Morgan fingerprint density at radius 1 is 1.17 bits per heavy atom. The molecule has 5 heteroatoms. The second-order valence-electron chi connectivity index (χ2n) is 3.75. The third-order valence-corrected chi connectivity index (χ3v) is 2.56. The van der Waals surface area contributed by atoms with Crippen LogP contribution in [0.25, 0.3) is 11.3 Å². The molecule has 0 bridgehead atoms. The first kappa shape index (κ1) is 12.4. The van der Waals surface area contributed by atoms with Crippen LogP contribution < -0.4 is 5.32 Å². The van der Waals surface area contributed by atoms with Crippen LogP contribution in [0.2, 0.25) is 0 Å². The number of anilines is 1. The van der Waals surface area contributed by atoms with Gasteiger partial charge in [0.05, 0.1) is 11.3 Å². The van der Waals surface area contributed by atoms with E-state index in [0.29, 0.717) is 18.1 Å². The Labute approximate surface area is 104 Å². The molecule has 0 saturated carbocycles. The molecule has 1 N–H and O–H groups in total. The Kier molecular flexibility index (Phi) is 3.50. The van der Waals surface area contributed by atoms with Gasteiger partial charge >= 0.3 is 0 Å². The lowest BCUT2D eigenvalue weighted by molar-refractivity contribution is 0.588. The molecule has 2 rings (SSSR count). The van der Waals surface area contributed by atoms with E-state index in [2.05, 4.69) is 15.3 Å². The lowest BCUT2D eigenvalue weighted by Crippen LogP contribution is -2.02. The van der Waals surface area contributed by atoms with E-state index in [-0.39, 0.29) is 11.3 Å². The minimum Gasteiger partial charge on any atom is -0.373 e. The smallest absolute Gasteiger partial charge is 0.135 e. The minimum atomic E-state index is -0.627. The van der Waals surface area contributed by atoms with Crippen molar-refractivity contribution in [2.24, 2.45) is 0 Å². The molecule has 18 heavy (non-hydrogen) atoms. The molecule has 1 heterocycles. The highest BCUT2D eigenvalue weighted by atomic mass is 19.1. The van der Waals surface area contributed by atoms with Crippen molar-refractivity contribution in [3.05, 3.63) is 41.7 Å². The molecule has 0 aliphatic heterocycles. The van der Waals surface area contributed by atoms with Crippen molar-refractivity contribution in [1.29, 1.82) is 0 Å². The Morgan fingerprint density at radius 2 is 1.83 bits per heavy atom. The average molecular weight is 249 g/mol. The normalized spacial score (nSPS) is 10.4. The summed E-state index contributed by atoms with van der Waals surface area (Å²) >= 11 is 0. The average Bonchev–Trinajstić information content (AvgIpc) is 2.38.